The fourth-order valence-corrected chi connectivity index (χ4v) is 3.89. The maximum Gasteiger partial charge on any atom is 0.0410 e. The molecule has 4 heteroatoms. The summed E-state index contributed by atoms with van der Waals surface area (Å²) in [5.74, 6) is 0. The molecule has 0 aromatic carbocycles. The highest BCUT2D eigenvalue weighted by Gasteiger charge is 2.38. The van der Waals surface area contributed by atoms with Crippen LogP contribution in [0.3, 0.4) is 0 Å². The monoisotopic (exact) mass is 353 g/mol. The Labute approximate surface area is 137 Å². The summed E-state index contributed by atoms with van der Waals surface area (Å²) in [6.07, 6.45) is 8.73. The summed E-state index contributed by atoms with van der Waals surface area (Å²) >= 11 is 3.53. The smallest absolute Gasteiger partial charge is 0.0410 e. The van der Waals surface area contributed by atoms with Crippen molar-refractivity contribution in [2.24, 2.45) is 0 Å². The number of pyridine rings is 1. The van der Waals surface area contributed by atoms with Crippen LogP contribution in [0, 0.1) is 0 Å². The topological polar surface area (TPSA) is 28.2 Å². The van der Waals surface area contributed by atoms with Gasteiger partial charge in [0.15, 0.2) is 0 Å². The van der Waals surface area contributed by atoms with Gasteiger partial charge in [0.2, 0.25) is 0 Å². The van der Waals surface area contributed by atoms with Crippen molar-refractivity contribution in [2.45, 2.75) is 58.0 Å². The van der Waals surface area contributed by atoms with Crippen molar-refractivity contribution in [3.8, 4) is 0 Å². The van der Waals surface area contributed by atoms with E-state index in [9.17, 15) is 0 Å². The van der Waals surface area contributed by atoms with Crippen molar-refractivity contribution in [2.75, 3.05) is 19.6 Å². The molecule has 2 rings (SSSR count). The minimum Gasteiger partial charge on any atom is -0.312 e. The molecule has 2 atom stereocenters. The zero-order valence-corrected chi connectivity index (χ0v) is 15.1. The second-order valence-electron chi connectivity index (χ2n) is 6.23. The predicted molar refractivity (Wildman–Crippen MR) is 92.6 cm³/mol. The van der Waals surface area contributed by atoms with E-state index >= 15 is 0 Å². The molecule has 118 valence electrons. The largest absolute Gasteiger partial charge is 0.312 e. The van der Waals surface area contributed by atoms with Crippen molar-refractivity contribution in [3.05, 3.63) is 28.5 Å². The molecule has 0 aliphatic carbocycles. The third-order valence-electron chi connectivity index (χ3n) is 4.95. The quantitative estimate of drug-likeness (QED) is 0.811. The SMILES string of the molecule is CCNC(Cc1cncc(Br)c1)C(C)(CC)N1CCCC1. The molecule has 1 aromatic heterocycles. The van der Waals surface area contributed by atoms with Crippen molar-refractivity contribution >= 4 is 15.9 Å². The molecule has 21 heavy (non-hydrogen) atoms. The van der Waals surface area contributed by atoms with Crippen LogP contribution in [0.2, 0.25) is 0 Å². The number of hydrogen-bond donors (Lipinski definition) is 1. The minimum atomic E-state index is 0.217. The summed E-state index contributed by atoms with van der Waals surface area (Å²) in [6, 6.07) is 2.65. The van der Waals surface area contributed by atoms with E-state index in [-0.39, 0.29) is 5.54 Å². The summed E-state index contributed by atoms with van der Waals surface area (Å²) < 4.78 is 1.06. The highest BCUT2D eigenvalue weighted by molar-refractivity contribution is 9.10. The summed E-state index contributed by atoms with van der Waals surface area (Å²) in [6.45, 7) is 10.4. The summed E-state index contributed by atoms with van der Waals surface area (Å²) in [7, 11) is 0. The van der Waals surface area contributed by atoms with Gasteiger partial charge in [0.1, 0.15) is 0 Å². The minimum absolute atomic E-state index is 0.217. The predicted octanol–water partition coefficient (Wildman–Crippen LogP) is 3.63. The second-order valence-corrected chi connectivity index (χ2v) is 7.15. The summed E-state index contributed by atoms with van der Waals surface area (Å²) in [4.78, 5) is 7.00. The van der Waals surface area contributed by atoms with Gasteiger partial charge < -0.3 is 5.32 Å². The Morgan fingerprint density at radius 2 is 2.05 bits per heavy atom. The van der Waals surface area contributed by atoms with E-state index in [1.807, 2.05) is 12.4 Å². The molecule has 3 nitrogen and oxygen atoms in total. The zero-order chi connectivity index (χ0) is 15.3. The Morgan fingerprint density at radius 1 is 1.33 bits per heavy atom. The first-order valence-corrected chi connectivity index (χ1v) is 8.97. The molecule has 0 saturated carbocycles. The molecular weight excluding hydrogens is 326 g/mol. The van der Waals surface area contributed by atoms with Gasteiger partial charge >= 0.3 is 0 Å². The lowest BCUT2D eigenvalue weighted by molar-refractivity contribution is 0.0847. The second kappa shape index (κ2) is 7.70. The van der Waals surface area contributed by atoms with Crippen molar-refractivity contribution < 1.29 is 0 Å². The van der Waals surface area contributed by atoms with E-state index < -0.39 is 0 Å². The van der Waals surface area contributed by atoms with E-state index in [1.54, 1.807) is 0 Å². The van der Waals surface area contributed by atoms with Crippen LogP contribution < -0.4 is 5.32 Å². The molecule has 0 spiro atoms. The maximum atomic E-state index is 4.31. The van der Waals surface area contributed by atoms with Crippen LogP contribution in [-0.4, -0.2) is 41.1 Å². The van der Waals surface area contributed by atoms with Crippen LogP contribution in [0.25, 0.3) is 0 Å². The molecule has 0 bridgehead atoms. The average molecular weight is 354 g/mol. The van der Waals surface area contributed by atoms with Gasteiger partial charge in [-0.1, -0.05) is 13.8 Å². The summed E-state index contributed by atoms with van der Waals surface area (Å²) in [5, 5.41) is 3.73. The average Bonchev–Trinajstić information content (AvgIpc) is 3.01. The lowest BCUT2D eigenvalue weighted by Crippen LogP contribution is -2.59. The standard InChI is InChI=1S/C17H28BrN3/c1-4-17(3,21-8-6-7-9-21)16(20-5-2)11-14-10-15(18)13-19-12-14/h10,12-13,16,20H,4-9,11H2,1-3H3. The number of aromatic nitrogens is 1. The third kappa shape index (κ3) is 4.05. The van der Waals surface area contributed by atoms with Crippen LogP contribution in [0.15, 0.2) is 22.9 Å². The van der Waals surface area contributed by atoms with E-state index in [0.29, 0.717) is 6.04 Å². The fraction of sp³-hybridized carbons (Fsp3) is 0.706. The highest BCUT2D eigenvalue weighted by Crippen LogP contribution is 2.30. The van der Waals surface area contributed by atoms with Crippen LogP contribution in [0.4, 0.5) is 0 Å². The van der Waals surface area contributed by atoms with Crippen LogP contribution in [-0.2, 0) is 6.42 Å². The normalized spacial score (nSPS) is 20.4. The van der Waals surface area contributed by atoms with Crippen LogP contribution >= 0.6 is 15.9 Å². The Bertz CT molecular complexity index is 445. The van der Waals surface area contributed by atoms with E-state index in [4.69, 9.17) is 0 Å². The lowest BCUT2D eigenvalue weighted by atomic mass is 9.84. The highest BCUT2D eigenvalue weighted by atomic mass is 79.9. The van der Waals surface area contributed by atoms with Gasteiger partial charge in [0, 0.05) is 28.4 Å². The number of nitrogens with zero attached hydrogens (tertiary/aromatic N) is 2. The van der Waals surface area contributed by atoms with Gasteiger partial charge in [-0.15, -0.1) is 0 Å². The molecule has 1 N–H and O–H groups in total. The van der Waals surface area contributed by atoms with Crippen LogP contribution in [0.1, 0.15) is 45.6 Å². The van der Waals surface area contributed by atoms with E-state index in [1.165, 1.54) is 37.9 Å². The lowest BCUT2D eigenvalue weighted by Gasteiger charge is -2.45. The third-order valence-corrected chi connectivity index (χ3v) is 5.38. The number of likely N-dealkylation sites (N-methyl/N-ethyl adjacent to an activating group) is 1. The van der Waals surface area contributed by atoms with E-state index in [2.05, 4.69) is 58.0 Å². The number of likely N-dealkylation sites (tertiary alicyclic amines) is 1. The molecule has 1 fully saturated rings. The van der Waals surface area contributed by atoms with Crippen molar-refractivity contribution in [1.82, 2.24) is 15.2 Å². The molecule has 1 aliphatic rings. The first kappa shape index (κ1) is 16.9. The summed E-state index contributed by atoms with van der Waals surface area (Å²) in [5.41, 5.74) is 1.52. The van der Waals surface area contributed by atoms with Gasteiger partial charge in [-0.25, -0.2) is 0 Å². The van der Waals surface area contributed by atoms with E-state index in [0.717, 1.165) is 17.4 Å². The molecule has 0 radical (unpaired) electrons. The molecular formula is C17H28BrN3. The Morgan fingerprint density at radius 3 is 2.62 bits per heavy atom. The van der Waals surface area contributed by atoms with Gasteiger partial charge in [0.25, 0.3) is 0 Å². The molecule has 2 unspecified atom stereocenters. The molecule has 1 saturated heterocycles. The molecule has 1 aliphatic heterocycles. The number of hydrogen-bond acceptors (Lipinski definition) is 3. The van der Waals surface area contributed by atoms with Gasteiger partial charge in [-0.2, -0.15) is 0 Å². The Hall–Kier alpha value is -0.450. The molecule has 1 aromatic rings. The number of rotatable bonds is 7. The van der Waals surface area contributed by atoms with Crippen LogP contribution in [0.5, 0.6) is 0 Å². The van der Waals surface area contributed by atoms with Gasteiger partial charge in [0.05, 0.1) is 0 Å². The molecule has 2 heterocycles. The Balaban J connectivity index is 2.19. The van der Waals surface area contributed by atoms with Gasteiger partial charge in [-0.05, 0) is 79.8 Å². The van der Waals surface area contributed by atoms with Gasteiger partial charge in [-0.3, -0.25) is 9.88 Å². The number of halogens is 1. The molecule has 0 amide bonds. The first-order chi connectivity index (χ1) is 10.1. The van der Waals surface area contributed by atoms with Crippen molar-refractivity contribution in [3.63, 3.8) is 0 Å². The Kier molecular flexibility index (Phi) is 6.20. The van der Waals surface area contributed by atoms with Crippen molar-refractivity contribution in [1.29, 1.82) is 0 Å². The zero-order valence-electron chi connectivity index (χ0n) is 13.5. The maximum absolute atomic E-state index is 4.31. The number of nitrogens with one attached hydrogen (secondary N) is 1. The first-order valence-electron chi connectivity index (χ1n) is 8.18. The fourth-order valence-electron chi connectivity index (χ4n) is 3.48.